The minimum atomic E-state index is 0.0443. The van der Waals surface area contributed by atoms with Gasteiger partial charge in [-0.3, -0.25) is 0 Å². The van der Waals surface area contributed by atoms with Gasteiger partial charge in [0.15, 0.2) is 11.5 Å². The topological polar surface area (TPSA) is 27.7 Å². The number of thiol groups is 1. The van der Waals surface area contributed by atoms with E-state index in [0.29, 0.717) is 0 Å². The molecule has 0 N–H and O–H groups in total. The maximum atomic E-state index is 5.29. The quantitative estimate of drug-likeness (QED) is 0.815. The van der Waals surface area contributed by atoms with Crippen LogP contribution in [-0.4, -0.2) is 33.2 Å². The van der Waals surface area contributed by atoms with E-state index in [4.69, 9.17) is 14.2 Å². The molecular weight excluding hydrogens is 224 g/mol. The molecule has 0 saturated carbocycles. The van der Waals surface area contributed by atoms with Crippen LogP contribution in [0, 0.1) is 0 Å². The zero-order chi connectivity index (χ0) is 11.6. The van der Waals surface area contributed by atoms with Crippen molar-refractivity contribution in [3.63, 3.8) is 0 Å². The van der Waals surface area contributed by atoms with Crippen molar-refractivity contribution in [2.24, 2.45) is 0 Å². The first-order chi connectivity index (χ1) is 7.75. The van der Waals surface area contributed by atoms with E-state index in [-0.39, 0.29) is 5.41 Å². The number of benzene rings is 1. The van der Waals surface area contributed by atoms with Crippen molar-refractivity contribution in [2.75, 3.05) is 33.2 Å². The number of ether oxygens (including phenoxy) is 3. The molecule has 1 aliphatic heterocycles. The summed E-state index contributed by atoms with van der Waals surface area (Å²) in [4.78, 5) is 0. The SMILES string of the molecule is COc1ccc(C2(CS)COC2)cc1OC. The van der Waals surface area contributed by atoms with Gasteiger partial charge in [-0.2, -0.15) is 12.6 Å². The zero-order valence-corrected chi connectivity index (χ0v) is 10.4. The molecule has 1 fully saturated rings. The highest BCUT2D eigenvalue weighted by Gasteiger charge is 2.39. The fraction of sp³-hybridized carbons (Fsp3) is 0.500. The van der Waals surface area contributed by atoms with Gasteiger partial charge in [-0.25, -0.2) is 0 Å². The minimum absolute atomic E-state index is 0.0443. The van der Waals surface area contributed by atoms with Crippen LogP contribution in [0.1, 0.15) is 5.56 Å². The Bertz CT molecular complexity index is 369. The highest BCUT2D eigenvalue weighted by Crippen LogP contribution is 2.38. The van der Waals surface area contributed by atoms with Gasteiger partial charge < -0.3 is 14.2 Å². The summed E-state index contributed by atoms with van der Waals surface area (Å²) in [6.45, 7) is 1.46. The van der Waals surface area contributed by atoms with E-state index in [1.807, 2.05) is 12.1 Å². The Morgan fingerprint density at radius 3 is 2.38 bits per heavy atom. The summed E-state index contributed by atoms with van der Waals surface area (Å²) >= 11 is 4.40. The molecule has 0 aliphatic carbocycles. The third-order valence-electron chi connectivity index (χ3n) is 3.06. The second-order valence-electron chi connectivity index (χ2n) is 4.00. The predicted molar refractivity (Wildman–Crippen MR) is 65.9 cm³/mol. The lowest BCUT2D eigenvalue weighted by Crippen LogP contribution is -2.48. The van der Waals surface area contributed by atoms with Crippen LogP contribution in [0.3, 0.4) is 0 Å². The lowest BCUT2D eigenvalue weighted by molar-refractivity contribution is -0.0471. The third kappa shape index (κ3) is 1.76. The van der Waals surface area contributed by atoms with Gasteiger partial charge in [0.2, 0.25) is 0 Å². The summed E-state index contributed by atoms with van der Waals surface area (Å²) in [5.41, 5.74) is 1.24. The number of hydrogen-bond acceptors (Lipinski definition) is 4. The summed E-state index contributed by atoms with van der Waals surface area (Å²) < 4.78 is 15.8. The molecular formula is C12H16O3S. The van der Waals surface area contributed by atoms with E-state index in [9.17, 15) is 0 Å². The van der Waals surface area contributed by atoms with Gasteiger partial charge in [-0.15, -0.1) is 0 Å². The Labute approximate surface area is 101 Å². The lowest BCUT2D eigenvalue weighted by atomic mass is 9.80. The minimum Gasteiger partial charge on any atom is -0.493 e. The van der Waals surface area contributed by atoms with Crippen LogP contribution in [0.2, 0.25) is 0 Å². The van der Waals surface area contributed by atoms with E-state index in [0.717, 1.165) is 30.5 Å². The monoisotopic (exact) mass is 240 g/mol. The molecule has 0 bridgehead atoms. The molecule has 2 rings (SSSR count). The summed E-state index contributed by atoms with van der Waals surface area (Å²) in [5, 5.41) is 0. The Morgan fingerprint density at radius 1 is 1.25 bits per heavy atom. The van der Waals surface area contributed by atoms with E-state index >= 15 is 0 Å². The Kier molecular flexibility index (Phi) is 3.30. The van der Waals surface area contributed by atoms with Gasteiger partial charge in [-0.05, 0) is 17.7 Å². The molecule has 1 aromatic carbocycles. The lowest BCUT2D eigenvalue weighted by Gasteiger charge is -2.41. The van der Waals surface area contributed by atoms with Crippen LogP contribution in [0.15, 0.2) is 18.2 Å². The van der Waals surface area contributed by atoms with E-state index < -0.39 is 0 Å². The Balaban J connectivity index is 2.35. The van der Waals surface area contributed by atoms with Crippen molar-refractivity contribution >= 4 is 12.6 Å². The fourth-order valence-corrected chi connectivity index (χ4v) is 2.23. The van der Waals surface area contributed by atoms with Gasteiger partial charge in [0.1, 0.15) is 0 Å². The van der Waals surface area contributed by atoms with Gasteiger partial charge in [-0.1, -0.05) is 6.07 Å². The number of methoxy groups -OCH3 is 2. The molecule has 16 heavy (non-hydrogen) atoms. The van der Waals surface area contributed by atoms with E-state index in [1.54, 1.807) is 14.2 Å². The van der Waals surface area contributed by atoms with Crippen molar-refractivity contribution in [2.45, 2.75) is 5.41 Å². The first kappa shape index (κ1) is 11.6. The van der Waals surface area contributed by atoms with Crippen LogP contribution in [0.25, 0.3) is 0 Å². The molecule has 0 amide bonds. The van der Waals surface area contributed by atoms with Crippen molar-refractivity contribution in [3.8, 4) is 11.5 Å². The van der Waals surface area contributed by atoms with Gasteiger partial charge in [0, 0.05) is 5.75 Å². The first-order valence-corrected chi connectivity index (χ1v) is 5.80. The number of hydrogen-bond donors (Lipinski definition) is 1. The molecule has 1 saturated heterocycles. The smallest absolute Gasteiger partial charge is 0.161 e. The summed E-state index contributed by atoms with van der Waals surface area (Å²) in [6, 6.07) is 6.00. The molecule has 0 unspecified atom stereocenters. The van der Waals surface area contributed by atoms with Gasteiger partial charge in [0.05, 0.1) is 32.8 Å². The molecule has 0 atom stereocenters. The largest absolute Gasteiger partial charge is 0.493 e. The third-order valence-corrected chi connectivity index (χ3v) is 3.66. The van der Waals surface area contributed by atoms with Crippen molar-refractivity contribution in [3.05, 3.63) is 23.8 Å². The first-order valence-electron chi connectivity index (χ1n) is 5.17. The zero-order valence-electron chi connectivity index (χ0n) is 9.53. The Hall–Kier alpha value is -0.870. The summed E-state index contributed by atoms with van der Waals surface area (Å²) in [7, 11) is 3.28. The predicted octanol–water partition coefficient (Wildman–Crippen LogP) is 1.90. The Morgan fingerprint density at radius 2 is 1.94 bits per heavy atom. The van der Waals surface area contributed by atoms with Crippen molar-refractivity contribution < 1.29 is 14.2 Å². The van der Waals surface area contributed by atoms with Gasteiger partial charge >= 0.3 is 0 Å². The maximum Gasteiger partial charge on any atom is 0.161 e. The molecule has 4 heteroatoms. The van der Waals surface area contributed by atoms with Crippen LogP contribution in [-0.2, 0) is 10.2 Å². The number of rotatable bonds is 4. The van der Waals surface area contributed by atoms with Crippen molar-refractivity contribution in [1.82, 2.24) is 0 Å². The van der Waals surface area contributed by atoms with Gasteiger partial charge in [0.25, 0.3) is 0 Å². The molecule has 3 nitrogen and oxygen atoms in total. The molecule has 1 aromatic rings. The molecule has 1 aliphatic rings. The van der Waals surface area contributed by atoms with Crippen LogP contribution in [0.4, 0.5) is 0 Å². The summed E-state index contributed by atoms with van der Waals surface area (Å²) in [6.07, 6.45) is 0. The molecule has 1 heterocycles. The van der Waals surface area contributed by atoms with Crippen LogP contribution in [0.5, 0.6) is 11.5 Å². The molecule has 0 spiro atoms. The second kappa shape index (κ2) is 4.55. The van der Waals surface area contributed by atoms with Crippen LogP contribution >= 0.6 is 12.6 Å². The molecule has 0 aromatic heterocycles. The van der Waals surface area contributed by atoms with Crippen LogP contribution < -0.4 is 9.47 Å². The average Bonchev–Trinajstić information content (AvgIpc) is 2.28. The maximum absolute atomic E-state index is 5.29. The second-order valence-corrected chi connectivity index (χ2v) is 4.32. The fourth-order valence-electron chi connectivity index (χ4n) is 1.86. The average molecular weight is 240 g/mol. The standard InChI is InChI=1S/C12H16O3S/c1-13-10-4-3-9(5-11(10)14-2)12(8-16)6-15-7-12/h3-5,16H,6-8H2,1-2H3. The molecule has 0 radical (unpaired) electrons. The normalized spacial score (nSPS) is 17.7. The molecule has 88 valence electrons. The van der Waals surface area contributed by atoms with E-state index in [1.165, 1.54) is 5.56 Å². The highest BCUT2D eigenvalue weighted by atomic mass is 32.1. The van der Waals surface area contributed by atoms with E-state index in [2.05, 4.69) is 18.7 Å². The highest BCUT2D eigenvalue weighted by molar-refractivity contribution is 7.80. The van der Waals surface area contributed by atoms with Crippen molar-refractivity contribution in [1.29, 1.82) is 0 Å². The summed E-state index contributed by atoms with van der Waals surface area (Å²) in [5.74, 6) is 2.29.